The minimum atomic E-state index is 0.0213. The maximum atomic E-state index is 11.3. The van der Waals surface area contributed by atoms with Gasteiger partial charge in [-0.3, -0.25) is 4.79 Å². The molecule has 3 N–H and O–H groups in total. The van der Waals surface area contributed by atoms with Crippen molar-refractivity contribution in [1.29, 1.82) is 0 Å². The quantitative estimate of drug-likeness (QED) is 0.630. The number of rotatable bonds is 2. The molecule has 0 bridgehead atoms. The third-order valence-electron chi connectivity index (χ3n) is 1.50. The SMILES string of the molecule is CC(C)C(=O)c1cc(N)c[nH]1. The van der Waals surface area contributed by atoms with Crippen molar-refractivity contribution >= 4 is 11.5 Å². The Morgan fingerprint density at radius 2 is 2.27 bits per heavy atom. The molecule has 0 atom stereocenters. The molecule has 0 radical (unpaired) electrons. The van der Waals surface area contributed by atoms with E-state index in [1.165, 1.54) is 0 Å². The van der Waals surface area contributed by atoms with Gasteiger partial charge in [0.25, 0.3) is 0 Å². The van der Waals surface area contributed by atoms with Crippen molar-refractivity contribution < 1.29 is 4.79 Å². The van der Waals surface area contributed by atoms with Crippen molar-refractivity contribution in [3.8, 4) is 0 Å². The standard InChI is InChI=1S/C8H12N2O/c1-5(2)8(11)7-3-6(9)4-10-7/h3-5,10H,9H2,1-2H3. The molecule has 3 heteroatoms. The molecule has 0 fully saturated rings. The van der Waals surface area contributed by atoms with Gasteiger partial charge in [-0.2, -0.15) is 0 Å². The minimum Gasteiger partial charge on any atom is -0.397 e. The maximum absolute atomic E-state index is 11.3. The van der Waals surface area contributed by atoms with E-state index in [0.29, 0.717) is 11.4 Å². The summed E-state index contributed by atoms with van der Waals surface area (Å²) in [6.07, 6.45) is 1.62. The summed E-state index contributed by atoms with van der Waals surface area (Å²) in [5, 5.41) is 0. The number of nitrogen functional groups attached to an aromatic ring is 1. The lowest BCUT2D eigenvalue weighted by Crippen LogP contribution is -2.07. The van der Waals surface area contributed by atoms with Gasteiger partial charge in [-0.25, -0.2) is 0 Å². The zero-order valence-electron chi connectivity index (χ0n) is 6.72. The largest absolute Gasteiger partial charge is 0.397 e. The van der Waals surface area contributed by atoms with Crippen LogP contribution in [0, 0.1) is 5.92 Å². The number of H-pyrrole nitrogens is 1. The van der Waals surface area contributed by atoms with Crippen LogP contribution in [0.4, 0.5) is 5.69 Å². The summed E-state index contributed by atoms with van der Waals surface area (Å²) in [4.78, 5) is 14.1. The average Bonchev–Trinajstić information content (AvgIpc) is 2.34. The fourth-order valence-corrected chi connectivity index (χ4v) is 0.864. The molecule has 60 valence electrons. The van der Waals surface area contributed by atoms with Gasteiger partial charge in [-0.15, -0.1) is 0 Å². The number of nitrogens with two attached hydrogens (primary N) is 1. The lowest BCUT2D eigenvalue weighted by molar-refractivity contribution is 0.0935. The van der Waals surface area contributed by atoms with Crippen LogP contribution in [0.3, 0.4) is 0 Å². The second-order valence-electron chi connectivity index (χ2n) is 2.87. The second-order valence-corrected chi connectivity index (χ2v) is 2.87. The van der Waals surface area contributed by atoms with Crippen LogP contribution in [-0.2, 0) is 0 Å². The molecular formula is C8H12N2O. The molecule has 0 saturated carbocycles. The van der Waals surface area contributed by atoms with Crippen molar-refractivity contribution in [1.82, 2.24) is 4.98 Å². The fraction of sp³-hybridized carbons (Fsp3) is 0.375. The Hall–Kier alpha value is -1.25. The maximum Gasteiger partial charge on any atom is 0.181 e. The summed E-state index contributed by atoms with van der Waals surface area (Å²) in [6.45, 7) is 3.72. The number of ketones is 1. The van der Waals surface area contributed by atoms with Crippen LogP contribution < -0.4 is 5.73 Å². The third-order valence-corrected chi connectivity index (χ3v) is 1.50. The predicted molar refractivity (Wildman–Crippen MR) is 44.4 cm³/mol. The second kappa shape index (κ2) is 2.78. The highest BCUT2D eigenvalue weighted by Crippen LogP contribution is 2.09. The van der Waals surface area contributed by atoms with Gasteiger partial charge in [0.1, 0.15) is 0 Å². The summed E-state index contributed by atoms with van der Waals surface area (Å²) in [5.41, 5.74) is 6.63. The van der Waals surface area contributed by atoms with Gasteiger partial charge in [-0.1, -0.05) is 13.8 Å². The number of hydrogen-bond donors (Lipinski definition) is 2. The van der Waals surface area contributed by atoms with Gasteiger partial charge in [-0.05, 0) is 6.07 Å². The number of carbonyl (C=O) groups is 1. The number of aromatic nitrogens is 1. The van der Waals surface area contributed by atoms with Gasteiger partial charge in [0.15, 0.2) is 5.78 Å². The summed E-state index contributed by atoms with van der Waals surface area (Å²) < 4.78 is 0. The molecule has 1 heterocycles. The highest BCUT2D eigenvalue weighted by molar-refractivity contribution is 5.96. The zero-order chi connectivity index (χ0) is 8.43. The van der Waals surface area contributed by atoms with Crippen LogP contribution in [-0.4, -0.2) is 10.8 Å². The molecule has 0 aliphatic heterocycles. The summed E-state index contributed by atoms with van der Waals surface area (Å²) in [7, 11) is 0. The van der Waals surface area contributed by atoms with Gasteiger partial charge in [0, 0.05) is 17.8 Å². The summed E-state index contributed by atoms with van der Waals surface area (Å²) in [6, 6.07) is 1.66. The summed E-state index contributed by atoms with van der Waals surface area (Å²) >= 11 is 0. The molecule has 1 rings (SSSR count). The molecule has 1 aromatic heterocycles. The Morgan fingerprint density at radius 1 is 1.64 bits per heavy atom. The van der Waals surface area contributed by atoms with Crippen LogP contribution in [0.2, 0.25) is 0 Å². The summed E-state index contributed by atoms with van der Waals surface area (Å²) in [5.74, 6) is 0.120. The van der Waals surface area contributed by atoms with Crippen molar-refractivity contribution in [2.24, 2.45) is 5.92 Å². The van der Waals surface area contributed by atoms with Crippen LogP contribution in [0.5, 0.6) is 0 Å². The molecule has 0 spiro atoms. The molecule has 0 aliphatic rings. The van der Waals surface area contributed by atoms with Crippen LogP contribution >= 0.6 is 0 Å². The van der Waals surface area contributed by atoms with E-state index in [1.54, 1.807) is 12.3 Å². The van der Waals surface area contributed by atoms with Crippen molar-refractivity contribution in [2.75, 3.05) is 5.73 Å². The van der Waals surface area contributed by atoms with Crippen LogP contribution in [0.1, 0.15) is 24.3 Å². The molecule has 0 unspecified atom stereocenters. The highest BCUT2D eigenvalue weighted by atomic mass is 16.1. The van der Waals surface area contributed by atoms with E-state index in [4.69, 9.17) is 5.73 Å². The van der Waals surface area contributed by atoms with E-state index in [0.717, 1.165) is 0 Å². The number of nitrogens with one attached hydrogen (secondary N) is 1. The number of anilines is 1. The zero-order valence-corrected chi connectivity index (χ0v) is 6.72. The number of hydrogen-bond acceptors (Lipinski definition) is 2. The van der Waals surface area contributed by atoms with Crippen molar-refractivity contribution in [3.05, 3.63) is 18.0 Å². The molecule has 0 aromatic carbocycles. The average molecular weight is 152 g/mol. The van der Waals surface area contributed by atoms with Crippen molar-refractivity contribution in [2.45, 2.75) is 13.8 Å². The molecule has 3 nitrogen and oxygen atoms in total. The van der Waals surface area contributed by atoms with E-state index in [9.17, 15) is 4.79 Å². The Kier molecular flexibility index (Phi) is 1.98. The molecular weight excluding hydrogens is 140 g/mol. The van der Waals surface area contributed by atoms with E-state index in [1.807, 2.05) is 13.8 Å². The first-order chi connectivity index (χ1) is 5.11. The topological polar surface area (TPSA) is 58.9 Å². The first-order valence-corrected chi connectivity index (χ1v) is 3.59. The normalized spacial score (nSPS) is 10.5. The van der Waals surface area contributed by atoms with Crippen molar-refractivity contribution in [3.63, 3.8) is 0 Å². The Morgan fingerprint density at radius 3 is 2.64 bits per heavy atom. The molecule has 11 heavy (non-hydrogen) atoms. The number of Topliss-reactive ketones (excluding diaryl/α,β-unsaturated/α-hetero) is 1. The minimum absolute atomic E-state index is 0.0213. The predicted octanol–water partition coefficient (Wildman–Crippen LogP) is 1.44. The lowest BCUT2D eigenvalue weighted by Gasteiger charge is -1.98. The Bertz CT molecular complexity index is 263. The Labute approximate surface area is 65.6 Å². The fourth-order valence-electron chi connectivity index (χ4n) is 0.864. The molecule has 1 aromatic rings. The lowest BCUT2D eigenvalue weighted by atomic mass is 10.1. The first kappa shape index (κ1) is 7.85. The Balaban J connectivity index is 2.85. The molecule has 0 amide bonds. The van der Waals surface area contributed by atoms with Gasteiger partial charge >= 0.3 is 0 Å². The van der Waals surface area contributed by atoms with Gasteiger partial charge in [0.2, 0.25) is 0 Å². The number of aromatic amines is 1. The third kappa shape index (κ3) is 1.61. The van der Waals surface area contributed by atoms with E-state index >= 15 is 0 Å². The van der Waals surface area contributed by atoms with Crippen LogP contribution in [0.15, 0.2) is 12.3 Å². The first-order valence-electron chi connectivity index (χ1n) is 3.59. The number of carbonyl (C=O) groups excluding carboxylic acids is 1. The van der Waals surface area contributed by atoms with Gasteiger partial charge < -0.3 is 10.7 Å². The van der Waals surface area contributed by atoms with Crippen LogP contribution in [0.25, 0.3) is 0 Å². The monoisotopic (exact) mass is 152 g/mol. The highest BCUT2D eigenvalue weighted by Gasteiger charge is 2.10. The van der Waals surface area contributed by atoms with Gasteiger partial charge in [0.05, 0.1) is 5.69 Å². The van der Waals surface area contributed by atoms with E-state index in [-0.39, 0.29) is 11.7 Å². The van der Waals surface area contributed by atoms with E-state index < -0.39 is 0 Å². The molecule has 0 aliphatic carbocycles. The van der Waals surface area contributed by atoms with E-state index in [2.05, 4.69) is 4.98 Å². The smallest absolute Gasteiger partial charge is 0.181 e. The molecule has 0 saturated heterocycles.